The molecular formula is C25H37N3O2. The zero-order chi connectivity index (χ0) is 20.9. The van der Waals surface area contributed by atoms with E-state index in [1.165, 1.54) is 44.2 Å². The molecule has 0 saturated carbocycles. The number of benzene rings is 1. The van der Waals surface area contributed by atoms with E-state index in [1.54, 1.807) is 6.33 Å². The summed E-state index contributed by atoms with van der Waals surface area (Å²) in [7, 11) is 0. The first-order chi connectivity index (χ1) is 14.8. The minimum absolute atomic E-state index is 0.344. The standard InChI is InChI=1S/C25H37N3O2/c29-25(28-17-15-22(16-18-28)24-20-26-21-27-24)14-10-5-3-1-2-4-6-11-19-30-23-12-8-7-9-13-23/h7-9,12-13,20-22H,1-6,10-11,14-19H2,(H,26,27). The molecule has 1 aromatic heterocycles. The maximum absolute atomic E-state index is 12.4. The smallest absolute Gasteiger partial charge is 0.222 e. The molecule has 1 saturated heterocycles. The average Bonchev–Trinajstić information content (AvgIpc) is 3.33. The van der Waals surface area contributed by atoms with E-state index in [2.05, 4.69) is 14.9 Å². The first-order valence-electron chi connectivity index (χ1n) is 11.8. The number of nitrogens with zero attached hydrogens (tertiary/aromatic N) is 2. The monoisotopic (exact) mass is 411 g/mol. The molecule has 1 aromatic carbocycles. The van der Waals surface area contributed by atoms with Gasteiger partial charge in [-0.1, -0.05) is 56.7 Å². The van der Waals surface area contributed by atoms with Gasteiger partial charge in [-0.15, -0.1) is 0 Å². The molecule has 5 nitrogen and oxygen atoms in total. The average molecular weight is 412 g/mol. The van der Waals surface area contributed by atoms with E-state index in [9.17, 15) is 4.79 Å². The van der Waals surface area contributed by atoms with E-state index in [0.717, 1.165) is 51.1 Å². The van der Waals surface area contributed by atoms with Gasteiger partial charge in [0.25, 0.3) is 0 Å². The number of nitrogens with one attached hydrogen (secondary N) is 1. The van der Waals surface area contributed by atoms with Crippen LogP contribution in [0.25, 0.3) is 0 Å². The summed E-state index contributed by atoms with van der Waals surface area (Å²) in [6.45, 7) is 2.58. The second kappa shape index (κ2) is 13.1. The van der Waals surface area contributed by atoms with Crippen LogP contribution in [-0.2, 0) is 4.79 Å². The van der Waals surface area contributed by atoms with Gasteiger partial charge in [-0.25, -0.2) is 4.98 Å². The van der Waals surface area contributed by atoms with E-state index in [4.69, 9.17) is 4.74 Å². The molecule has 1 aliphatic heterocycles. The number of ether oxygens (including phenoxy) is 1. The number of imidazole rings is 1. The lowest BCUT2D eigenvalue weighted by Gasteiger charge is -2.31. The lowest BCUT2D eigenvalue weighted by atomic mass is 9.94. The molecule has 164 valence electrons. The second-order valence-corrected chi connectivity index (χ2v) is 8.40. The Morgan fingerprint density at radius 1 is 0.967 bits per heavy atom. The highest BCUT2D eigenvalue weighted by molar-refractivity contribution is 5.76. The van der Waals surface area contributed by atoms with Crippen molar-refractivity contribution in [3.05, 3.63) is 48.5 Å². The summed E-state index contributed by atoms with van der Waals surface area (Å²) in [6.07, 6.45) is 16.1. The third-order valence-electron chi connectivity index (χ3n) is 6.10. The molecule has 0 atom stereocenters. The Hall–Kier alpha value is -2.30. The highest BCUT2D eigenvalue weighted by Crippen LogP contribution is 2.26. The van der Waals surface area contributed by atoms with Gasteiger partial charge in [0.1, 0.15) is 5.75 Å². The zero-order valence-electron chi connectivity index (χ0n) is 18.2. The van der Waals surface area contributed by atoms with Crippen molar-refractivity contribution in [1.82, 2.24) is 14.9 Å². The number of carbonyl (C=O) groups excluding carboxylic acids is 1. The number of aromatic amines is 1. The summed E-state index contributed by atoms with van der Waals surface area (Å²) in [6, 6.07) is 10.0. The van der Waals surface area contributed by atoms with Crippen molar-refractivity contribution in [1.29, 1.82) is 0 Å². The number of amides is 1. The van der Waals surface area contributed by atoms with Crippen LogP contribution in [0, 0.1) is 0 Å². The van der Waals surface area contributed by atoms with Gasteiger partial charge in [-0.3, -0.25) is 4.79 Å². The Bertz CT molecular complexity index is 694. The third-order valence-corrected chi connectivity index (χ3v) is 6.10. The Morgan fingerprint density at radius 2 is 1.63 bits per heavy atom. The first kappa shape index (κ1) is 22.4. The SMILES string of the molecule is O=C(CCCCCCCCCCOc1ccccc1)N1CCC(c2cnc[nH]2)CC1. The lowest BCUT2D eigenvalue weighted by molar-refractivity contribution is -0.132. The van der Waals surface area contributed by atoms with Gasteiger partial charge in [0.15, 0.2) is 0 Å². The van der Waals surface area contributed by atoms with Crippen LogP contribution in [0.15, 0.2) is 42.9 Å². The Kier molecular flexibility index (Phi) is 9.77. The minimum atomic E-state index is 0.344. The maximum atomic E-state index is 12.4. The highest BCUT2D eigenvalue weighted by Gasteiger charge is 2.24. The van der Waals surface area contributed by atoms with Crippen LogP contribution in [0.1, 0.15) is 82.2 Å². The molecule has 0 spiro atoms. The summed E-state index contributed by atoms with van der Waals surface area (Å²) in [4.78, 5) is 21.8. The Balaban J connectivity index is 1.11. The number of piperidine rings is 1. The van der Waals surface area contributed by atoms with Gasteiger partial charge in [-0.2, -0.15) is 0 Å². The molecule has 1 amide bonds. The number of carbonyl (C=O) groups is 1. The number of H-pyrrole nitrogens is 1. The van der Waals surface area contributed by atoms with Crippen molar-refractivity contribution in [3.63, 3.8) is 0 Å². The van der Waals surface area contributed by atoms with E-state index >= 15 is 0 Å². The molecule has 0 unspecified atom stereocenters. The van der Waals surface area contributed by atoms with Crippen molar-refractivity contribution in [2.45, 2.75) is 76.5 Å². The molecule has 0 bridgehead atoms. The van der Waals surface area contributed by atoms with Gasteiger partial charge in [0.2, 0.25) is 5.91 Å². The van der Waals surface area contributed by atoms with E-state index < -0.39 is 0 Å². The number of unbranched alkanes of at least 4 members (excludes halogenated alkanes) is 7. The summed E-state index contributed by atoms with van der Waals surface area (Å²) < 4.78 is 5.72. The van der Waals surface area contributed by atoms with Crippen molar-refractivity contribution in [2.75, 3.05) is 19.7 Å². The normalized spacial score (nSPS) is 14.7. The molecule has 0 radical (unpaired) electrons. The van der Waals surface area contributed by atoms with Crippen molar-refractivity contribution >= 4 is 5.91 Å². The number of aromatic nitrogens is 2. The molecule has 1 fully saturated rings. The minimum Gasteiger partial charge on any atom is -0.494 e. The molecule has 5 heteroatoms. The van der Waals surface area contributed by atoms with E-state index in [0.29, 0.717) is 18.2 Å². The van der Waals surface area contributed by atoms with Crippen LogP contribution < -0.4 is 4.74 Å². The fourth-order valence-corrected chi connectivity index (χ4v) is 4.23. The number of para-hydroxylation sites is 1. The molecule has 3 rings (SSSR count). The topological polar surface area (TPSA) is 58.2 Å². The maximum Gasteiger partial charge on any atom is 0.222 e. The molecule has 1 N–H and O–H groups in total. The lowest BCUT2D eigenvalue weighted by Crippen LogP contribution is -2.37. The molecule has 1 aliphatic rings. The predicted octanol–water partition coefficient (Wildman–Crippen LogP) is 5.71. The molecule has 30 heavy (non-hydrogen) atoms. The number of hydrogen-bond donors (Lipinski definition) is 1. The van der Waals surface area contributed by atoms with Crippen molar-refractivity contribution < 1.29 is 9.53 Å². The number of rotatable bonds is 13. The highest BCUT2D eigenvalue weighted by atomic mass is 16.5. The van der Waals surface area contributed by atoms with Crippen LogP contribution in [0.4, 0.5) is 0 Å². The quantitative estimate of drug-likeness (QED) is 0.430. The van der Waals surface area contributed by atoms with Crippen LogP contribution >= 0.6 is 0 Å². The largest absolute Gasteiger partial charge is 0.494 e. The van der Waals surface area contributed by atoms with Gasteiger partial charge in [0.05, 0.1) is 12.9 Å². The Labute approximate surface area is 181 Å². The van der Waals surface area contributed by atoms with Crippen LogP contribution in [-0.4, -0.2) is 40.5 Å². The summed E-state index contributed by atoms with van der Waals surface area (Å²) >= 11 is 0. The van der Waals surface area contributed by atoms with Gasteiger partial charge in [-0.05, 0) is 37.8 Å². The predicted molar refractivity (Wildman–Crippen MR) is 121 cm³/mol. The van der Waals surface area contributed by atoms with Crippen LogP contribution in [0.2, 0.25) is 0 Å². The van der Waals surface area contributed by atoms with Gasteiger partial charge in [0, 0.05) is 37.3 Å². The number of likely N-dealkylation sites (tertiary alicyclic amines) is 1. The van der Waals surface area contributed by atoms with Gasteiger partial charge < -0.3 is 14.6 Å². The molecule has 0 aliphatic carbocycles. The van der Waals surface area contributed by atoms with Crippen molar-refractivity contribution in [3.8, 4) is 5.75 Å². The summed E-state index contributed by atoms with van der Waals surface area (Å²) in [5.41, 5.74) is 1.21. The van der Waals surface area contributed by atoms with Crippen LogP contribution in [0.3, 0.4) is 0 Å². The summed E-state index contributed by atoms with van der Waals surface area (Å²) in [5.74, 6) is 1.84. The fourth-order valence-electron chi connectivity index (χ4n) is 4.23. The van der Waals surface area contributed by atoms with Gasteiger partial charge >= 0.3 is 0 Å². The third kappa shape index (κ3) is 7.85. The molecule has 2 heterocycles. The van der Waals surface area contributed by atoms with E-state index in [1.807, 2.05) is 36.5 Å². The first-order valence-corrected chi connectivity index (χ1v) is 11.8. The number of hydrogen-bond acceptors (Lipinski definition) is 3. The van der Waals surface area contributed by atoms with E-state index in [-0.39, 0.29) is 0 Å². The van der Waals surface area contributed by atoms with Crippen LogP contribution in [0.5, 0.6) is 5.75 Å². The molecule has 2 aromatic rings. The fraction of sp³-hybridized carbons (Fsp3) is 0.600. The zero-order valence-corrected chi connectivity index (χ0v) is 18.2. The molecular weight excluding hydrogens is 374 g/mol. The summed E-state index contributed by atoms with van der Waals surface area (Å²) in [5, 5.41) is 0. The Morgan fingerprint density at radius 3 is 2.30 bits per heavy atom. The second-order valence-electron chi connectivity index (χ2n) is 8.40. The van der Waals surface area contributed by atoms with Crippen molar-refractivity contribution in [2.24, 2.45) is 0 Å².